The van der Waals surface area contributed by atoms with Crippen molar-refractivity contribution < 1.29 is 9.90 Å². The summed E-state index contributed by atoms with van der Waals surface area (Å²) in [5.74, 6) is -0.760. The van der Waals surface area contributed by atoms with Crippen molar-refractivity contribution in [2.45, 2.75) is 0 Å². The molecule has 0 spiro atoms. The fourth-order valence-electron chi connectivity index (χ4n) is 1.47. The van der Waals surface area contributed by atoms with Crippen molar-refractivity contribution in [2.75, 3.05) is 11.5 Å². The van der Waals surface area contributed by atoms with E-state index in [2.05, 4.69) is 9.97 Å². The molecule has 1 aromatic carbocycles. The third-order valence-corrected chi connectivity index (χ3v) is 2.06. The van der Waals surface area contributed by atoms with E-state index >= 15 is 0 Å². The van der Waals surface area contributed by atoms with E-state index in [9.17, 15) is 4.79 Å². The summed E-state index contributed by atoms with van der Waals surface area (Å²) in [5.41, 5.74) is 13.6. The molecule has 16 heavy (non-hydrogen) atoms. The van der Waals surface area contributed by atoms with E-state index < -0.39 is 5.97 Å². The summed E-state index contributed by atoms with van der Waals surface area (Å²) in [5, 5.41) is 8.55. The highest BCUT2D eigenvalue weighted by Gasteiger charge is 2.05. The first-order chi connectivity index (χ1) is 7.56. The Labute approximate surface area is 90.6 Å². The maximum absolute atomic E-state index is 10.4. The molecule has 1 aromatic heterocycles. The van der Waals surface area contributed by atoms with Gasteiger partial charge in [-0.15, -0.1) is 0 Å². The Kier molecular flexibility index (Phi) is 2.24. The number of hydrogen-bond acceptors (Lipinski definition) is 4. The molecule has 0 saturated carbocycles. The maximum Gasteiger partial charge on any atom is 0.328 e. The Morgan fingerprint density at radius 1 is 1.44 bits per heavy atom. The van der Waals surface area contributed by atoms with E-state index in [1.807, 2.05) is 0 Å². The number of nitrogens with two attached hydrogens (primary N) is 2. The van der Waals surface area contributed by atoms with Crippen molar-refractivity contribution in [1.29, 1.82) is 0 Å². The van der Waals surface area contributed by atoms with E-state index in [1.165, 1.54) is 6.08 Å². The molecule has 0 unspecified atom stereocenters. The van der Waals surface area contributed by atoms with Gasteiger partial charge in [0.05, 0.1) is 11.0 Å². The van der Waals surface area contributed by atoms with Gasteiger partial charge in [-0.1, -0.05) is 0 Å². The van der Waals surface area contributed by atoms with Gasteiger partial charge in [-0.05, 0) is 18.2 Å². The van der Waals surface area contributed by atoms with Crippen LogP contribution in [0.1, 0.15) is 5.56 Å². The zero-order valence-corrected chi connectivity index (χ0v) is 8.27. The lowest BCUT2D eigenvalue weighted by Crippen LogP contribution is -1.89. The van der Waals surface area contributed by atoms with Crippen molar-refractivity contribution in [2.24, 2.45) is 0 Å². The van der Waals surface area contributed by atoms with Crippen LogP contribution in [0.4, 0.5) is 11.6 Å². The highest BCUT2D eigenvalue weighted by atomic mass is 16.4. The minimum absolute atomic E-state index is 0.269. The van der Waals surface area contributed by atoms with Crippen LogP contribution in [0.25, 0.3) is 17.1 Å². The van der Waals surface area contributed by atoms with Crippen LogP contribution in [0.2, 0.25) is 0 Å². The number of carboxylic acid groups (broad SMARTS) is 1. The normalized spacial score (nSPS) is 11.2. The quantitative estimate of drug-likeness (QED) is 0.439. The summed E-state index contributed by atoms with van der Waals surface area (Å²) >= 11 is 0. The summed E-state index contributed by atoms with van der Waals surface area (Å²) in [6.07, 6.45) is 2.46. The van der Waals surface area contributed by atoms with Crippen LogP contribution in [-0.4, -0.2) is 21.0 Å². The van der Waals surface area contributed by atoms with Crippen molar-refractivity contribution in [3.63, 3.8) is 0 Å². The van der Waals surface area contributed by atoms with Gasteiger partial charge in [-0.3, -0.25) is 0 Å². The molecule has 82 valence electrons. The average Bonchev–Trinajstić information content (AvgIpc) is 2.54. The molecule has 2 aromatic rings. The number of aromatic nitrogens is 2. The van der Waals surface area contributed by atoms with Gasteiger partial charge in [0.25, 0.3) is 0 Å². The van der Waals surface area contributed by atoms with Crippen LogP contribution in [0.15, 0.2) is 18.2 Å². The molecule has 0 bridgehead atoms. The molecule has 0 atom stereocenters. The second-order valence-corrected chi connectivity index (χ2v) is 3.30. The molecule has 2 rings (SSSR count). The van der Waals surface area contributed by atoms with E-state index in [-0.39, 0.29) is 5.95 Å². The zero-order chi connectivity index (χ0) is 11.7. The number of carbonyl (C=O) groups is 1. The molecule has 0 amide bonds. The number of fused-ring (bicyclic) bond motifs is 1. The molecule has 0 fully saturated rings. The number of nitrogen functional groups attached to an aromatic ring is 2. The number of aliphatic carboxylic acids is 1. The topological polar surface area (TPSA) is 118 Å². The molecule has 0 saturated heterocycles. The minimum atomic E-state index is -1.03. The van der Waals surface area contributed by atoms with Crippen molar-refractivity contribution >= 4 is 34.7 Å². The van der Waals surface area contributed by atoms with Gasteiger partial charge in [0, 0.05) is 17.3 Å². The lowest BCUT2D eigenvalue weighted by Gasteiger charge is -1.97. The monoisotopic (exact) mass is 218 g/mol. The van der Waals surface area contributed by atoms with E-state index in [4.69, 9.17) is 16.6 Å². The smallest absolute Gasteiger partial charge is 0.328 e. The van der Waals surface area contributed by atoms with Crippen molar-refractivity contribution in [3.8, 4) is 0 Å². The zero-order valence-electron chi connectivity index (χ0n) is 8.27. The van der Waals surface area contributed by atoms with E-state index in [0.717, 1.165) is 6.08 Å². The van der Waals surface area contributed by atoms with Crippen LogP contribution in [0.3, 0.4) is 0 Å². The summed E-state index contributed by atoms with van der Waals surface area (Å²) < 4.78 is 0. The number of benzene rings is 1. The number of imidazole rings is 1. The van der Waals surface area contributed by atoms with Crippen LogP contribution >= 0.6 is 0 Å². The Balaban J connectivity index is 2.62. The minimum Gasteiger partial charge on any atom is -0.478 e. The van der Waals surface area contributed by atoms with Crippen LogP contribution in [0.5, 0.6) is 0 Å². The standard InChI is InChI=1S/C10H10N4O2/c11-6-3-5(1-2-8(15)16)9-7(4-6)13-10(12)14-9/h1-4H,11H2,(H,15,16)(H3,12,13,14)/b2-1+. The summed E-state index contributed by atoms with van der Waals surface area (Å²) in [6.45, 7) is 0. The number of anilines is 2. The van der Waals surface area contributed by atoms with Crippen LogP contribution < -0.4 is 11.5 Å². The highest BCUT2D eigenvalue weighted by Crippen LogP contribution is 2.22. The van der Waals surface area contributed by atoms with Gasteiger partial charge in [0.1, 0.15) is 0 Å². The molecular formula is C10H10N4O2. The Morgan fingerprint density at radius 2 is 2.19 bits per heavy atom. The first kappa shape index (κ1) is 10.0. The molecule has 1 heterocycles. The summed E-state index contributed by atoms with van der Waals surface area (Å²) in [6, 6.07) is 3.33. The third-order valence-electron chi connectivity index (χ3n) is 2.06. The number of hydrogen-bond donors (Lipinski definition) is 4. The molecule has 0 aliphatic carbocycles. The fraction of sp³-hybridized carbons (Fsp3) is 0. The van der Waals surface area contributed by atoms with Crippen molar-refractivity contribution in [3.05, 3.63) is 23.8 Å². The number of aromatic amines is 1. The first-order valence-electron chi connectivity index (χ1n) is 4.52. The summed E-state index contributed by atoms with van der Waals surface area (Å²) in [4.78, 5) is 17.3. The van der Waals surface area contributed by atoms with Gasteiger partial charge in [-0.2, -0.15) is 0 Å². The van der Waals surface area contributed by atoms with Gasteiger partial charge in [0.2, 0.25) is 0 Å². The largest absolute Gasteiger partial charge is 0.478 e. The predicted octanol–water partition coefficient (Wildman–Crippen LogP) is 0.825. The Hall–Kier alpha value is -2.50. The molecule has 0 aliphatic heterocycles. The van der Waals surface area contributed by atoms with Gasteiger partial charge < -0.3 is 21.6 Å². The third kappa shape index (κ3) is 1.81. The highest BCUT2D eigenvalue weighted by molar-refractivity contribution is 5.93. The number of nitrogens with zero attached hydrogens (tertiary/aromatic N) is 1. The van der Waals surface area contributed by atoms with Crippen LogP contribution in [0, 0.1) is 0 Å². The van der Waals surface area contributed by atoms with Crippen LogP contribution in [-0.2, 0) is 4.79 Å². The molecule has 6 heteroatoms. The van der Waals surface area contributed by atoms with Gasteiger partial charge in [0.15, 0.2) is 5.95 Å². The SMILES string of the molecule is Nc1cc(/C=C/C(=O)O)c2nc(N)[nH]c2c1. The van der Waals surface area contributed by atoms with E-state index in [1.54, 1.807) is 12.1 Å². The Morgan fingerprint density at radius 3 is 2.88 bits per heavy atom. The maximum atomic E-state index is 10.4. The molecule has 6 nitrogen and oxygen atoms in total. The number of H-pyrrole nitrogens is 1. The molecular weight excluding hydrogens is 208 g/mol. The van der Waals surface area contributed by atoms with E-state index in [0.29, 0.717) is 22.3 Å². The molecule has 0 aliphatic rings. The number of nitrogens with one attached hydrogen (secondary N) is 1. The second-order valence-electron chi connectivity index (χ2n) is 3.30. The fourth-order valence-corrected chi connectivity index (χ4v) is 1.47. The van der Waals surface area contributed by atoms with Crippen molar-refractivity contribution in [1.82, 2.24) is 9.97 Å². The predicted molar refractivity (Wildman–Crippen MR) is 61.6 cm³/mol. The van der Waals surface area contributed by atoms with Gasteiger partial charge in [-0.25, -0.2) is 9.78 Å². The molecule has 0 radical (unpaired) electrons. The lowest BCUT2D eigenvalue weighted by atomic mass is 10.1. The Bertz CT molecular complexity index is 586. The summed E-state index contributed by atoms with van der Waals surface area (Å²) in [7, 11) is 0. The van der Waals surface area contributed by atoms with Gasteiger partial charge >= 0.3 is 5.97 Å². The number of carboxylic acids is 1. The first-order valence-corrected chi connectivity index (χ1v) is 4.52. The average molecular weight is 218 g/mol. The second kappa shape index (κ2) is 3.58. The number of rotatable bonds is 2. The molecule has 6 N–H and O–H groups in total. The lowest BCUT2D eigenvalue weighted by molar-refractivity contribution is -0.131.